The molecule has 0 bridgehead atoms. The molecule has 6 atom stereocenters. The Morgan fingerprint density at radius 2 is 1.93 bits per heavy atom. The summed E-state index contributed by atoms with van der Waals surface area (Å²) in [5.41, 5.74) is -2.48. The Morgan fingerprint density at radius 1 is 1.22 bits per heavy atom. The fourth-order valence-electron chi connectivity index (χ4n) is 6.68. The number of rotatable bonds is 0. The molecular formula is C19H20N2O6. The van der Waals surface area contributed by atoms with Crippen LogP contribution in [0.3, 0.4) is 0 Å². The molecule has 3 N–H and O–H groups in total. The minimum absolute atomic E-state index is 0.328. The number of nitrogens with zero attached hydrogens (tertiary/aromatic N) is 2. The summed E-state index contributed by atoms with van der Waals surface area (Å²) >= 11 is 0. The summed E-state index contributed by atoms with van der Waals surface area (Å²) in [5.74, 6) is -4.95. The van der Waals surface area contributed by atoms with Gasteiger partial charge < -0.3 is 29.9 Å². The molecule has 6 rings (SSSR count). The molecule has 4 heterocycles. The van der Waals surface area contributed by atoms with Gasteiger partial charge >= 0.3 is 0 Å². The van der Waals surface area contributed by atoms with Crippen molar-refractivity contribution < 1.29 is 29.6 Å². The lowest BCUT2D eigenvalue weighted by Crippen LogP contribution is -2.59. The number of hydrogen-bond donors (Lipinski definition) is 3. The first-order valence-electron chi connectivity index (χ1n) is 9.12. The number of anilines is 1. The van der Waals surface area contributed by atoms with E-state index in [1.165, 1.54) is 4.90 Å². The van der Waals surface area contributed by atoms with Crippen LogP contribution < -0.4 is 4.90 Å². The number of likely N-dealkylation sites (N-methyl/N-ethyl adjacent to an activating group) is 1. The smallest absolute Gasteiger partial charge is 0.264 e. The number of carbonyl (C=O) groups excluding carboxylic acids is 2. The Labute approximate surface area is 154 Å². The standard InChI is InChI=1S/C19H20N2O6/c1-16(2)9-7-8-5-4-6-10-11(8)17(15(24)20(10)3)12(9)18(25)19(26,27-17)13(22)14(23)21(16)18/h4-6,9,12-13,22,25-26H,7H2,1-3H3/t9-,12-,13+,17+,18+,19-/m1/s1. The topological polar surface area (TPSA) is 111 Å². The van der Waals surface area contributed by atoms with Gasteiger partial charge in [-0.2, -0.15) is 0 Å². The van der Waals surface area contributed by atoms with Crippen molar-refractivity contribution in [1.82, 2.24) is 4.90 Å². The van der Waals surface area contributed by atoms with Crippen molar-refractivity contribution in [2.75, 3.05) is 11.9 Å². The summed E-state index contributed by atoms with van der Waals surface area (Å²) in [6.07, 6.45) is -1.43. The number of hydrogen-bond acceptors (Lipinski definition) is 6. The van der Waals surface area contributed by atoms with Crippen molar-refractivity contribution in [3.05, 3.63) is 29.3 Å². The fraction of sp³-hybridized carbons (Fsp3) is 0.579. The molecule has 1 aromatic carbocycles. The van der Waals surface area contributed by atoms with Crippen LogP contribution in [0, 0.1) is 11.8 Å². The van der Waals surface area contributed by atoms with Gasteiger partial charge in [0.05, 0.1) is 11.6 Å². The number of aliphatic hydroxyl groups excluding tert-OH is 1. The Hall–Kier alpha value is -2.00. The molecule has 8 heteroatoms. The lowest BCUT2D eigenvalue weighted by molar-refractivity contribution is -0.310. The van der Waals surface area contributed by atoms with Gasteiger partial charge in [-0.3, -0.25) is 9.59 Å². The van der Waals surface area contributed by atoms with Crippen LogP contribution in [0.1, 0.15) is 25.0 Å². The molecule has 27 heavy (non-hydrogen) atoms. The van der Waals surface area contributed by atoms with Crippen molar-refractivity contribution >= 4 is 17.5 Å². The monoisotopic (exact) mass is 372 g/mol. The number of benzene rings is 1. The van der Waals surface area contributed by atoms with Crippen LogP contribution in [0.15, 0.2) is 18.2 Å². The molecule has 1 aromatic rings. The average molecular weight is 372 g/mol. The van der Waals surface area contributed by atoms with E-state index in [2.05, 4.69) is 0 Å². The van der Waals surface area contributed by atoms with Crippen LogP contribution >= 0.6 is 0 Å². The van der Waals surface area contributed by atoms with E-state index in [-0.39, 0.29) is 5.92 Å². The predicted molar refractivity (Wildman–Crippen MR) is 90.1 cm³/mol. The molecule has 5 aliphatic rings. The van der Waals surface area contributed by atoms with E-state index in [0.717, 1.165) is 10.5 Å². The molecular weight excluding hydrogens is 352 g/mol. The van der Waals surface area contributed by atoms with Gasteiger partial charge in [-0.15, -0.1) is 0 Å². The van der Waals surface area contributed by atoms with E-state index in [1.807, 2.05) is 12.1 Å². The number of carbonyl (C=O) groups is 2. The second-order valence-corrected chi connectivity index (χ2v) is 8.95. The molecule has 0 radical (unpaired) electrons. The maximum Gasteiger partial charge on any atom is 0.264 e. The highest BCUT2D eigenvalue weighted by atomic mass is 16.7. The van der Waals surface area contributed by atoms with E-state index in [0.29, 0.717) is 17.7 Å². The van der Waals surface area contributed by atoms with Crippen molar-refractivity contribution in [3.63, 3.8) is 0 Å². The van der Waals surface area contributed by atoms with Crippen LogP contribution in [-0.2, 0) is 26.3 Å². The van der Waals surface area contributed by atoms with Gasteiger partial charge in [-0.1, -0.05) is 12.1 Å². The van der Waals surface area contributed by atoms with Gasteiger partial charge in [0.1, 0.15) is 0 Å². The summed E-state index contributed by atoms with van der Waals surface area (Å²) < 4.78 is 5.96. The first-order chi connectivity index (χ1) is 12.5. The Bertz CT molecular complexity index is 977. The molecule has 0 saturated carbocycles. The minimum Gasteiger partial charge on any atom is -0.378 e. The van der Waals surface area contributed by atoms with Crippen molar-refractivity contribution in [1.29, 1.82) is 0 Å². The zero-order valence-electron chi connectivity index (χ0n) is 15.1. The highest BCUT2D eigenvalue weighted by Crippen LogP contribution is 2.73. The normalized spacial score (nSPS) is 47.7. The Morgan fingerprint density at radius 3 is 2.63 bits per heavy atom. The summed E-state index contributed by atoms with van der Waals surface area (Å²) in [5, 5.41) is 33.5. The number of ether oxygens (including phenoxy) is 1. The van der Waals surface area contributed by atoms with Crippen molar-refractivity contribution in [2.45, 2.75) is 49.0 Å². The minimum atomic E-state index is -2.57. The molecule has 2 amide bonds. The molecule has 8 nitrogen and oxygen atoms in total. The number of amides is 2. The molecule has 0 unspecified atom stereocenters. The lowest BCUT2D eigenvalue weighted by atomic mass is 9.62. The van der Waals surface area contributed by atoms with E-state index in [4.69, 9.17) is 4.74 Å². The van der Waals surface area contributed by atoms with Gasteiger partial charge in [-0.25, -0.2) is 0 Å². The van der Waals surface area contributed by atoms with E-state index in [9.17, 15) is 24.9 Å². The van der Waals surface area contributed by atoms with Gasteiger partial charge in [0, 0.05) is 18.2 Å². The SMILES string of the molecule is CN1C(=O)[C@]23O[C@]4(O)[C@@H](O)C(=O)N5C(C)(C)[C@H](Cc6cccc1c62)[C@H]3[C@@]54O. The van der Waals surface area contributed by atoms with E-state index < -0.39 is 46.5 Å². The summed E-state index contributed by atoms with van der Waals surface area (Å²) in [6.45, 7) is 3.60. The molecule has 1 aliphatic carbocycles. The Balaban J connectivity index is 1.76. The molecule has 0 aromatic heterocycles. The summed E-state index contributed by atoms with van der Waals surface area (Å²) in [6, 6.07) is 5.58. The maximum atomic E-state index is 13.5. The van der Waals surface area contributed by atoms with E-state index >= 15 is 0 Å². The first-order valence-corrected chi connectivity index (χ1v) is 9.12. The zero-order valence-corrected chi connectivity index (χ0v) is 15.1. The summed E-state index contributed by atoms with van der Waals surface area (Å²) in [4.78, 5) is 28.9. The van der Waals surface area contributed by atoms with Crippen molar-refractivity contribution in [3.8, 4) is 0 Å². The van der Waals surface area contributed by atoms with Gasteiger partial charge in [0.2, 0.25) is 5.72 Å². The fourth-order valence-corrected chi connectivity index (χ4v) is 6.68. The maximum absolute atomic E-state index is 13.5. The largest absolute Gasteiger partial charge is 0.378 e. The molecule has 3 saturated heterocycles. The van der Waals surface area contributed by atoms with E-state index in [1.54, 1.807) is 27.0 Å². The lowest BCUT2D eigenvalue weighted by Gasteiger charge is -2.42. The third kappa shape index (κ3) is 1.19. The van der Waals surface area contributed by atoms with Crippen LogP contribution in [0.25, 0.3) is 0 Å². The second kappa shape index (κ2) is 3.91. The summed E-state index contributed by atoms with van der Waals surface area (Å²) in [7, 11) is 1.63. The van der Waals surface area contributed by atoms with Crippen LogP contribution in [0.2, 0.25) is 0 Å². The molecule has 4 aliphatic heterocycles. The Kier molecular flexibility index (Phi) is 2.32. The average Bonchev–Trinajstić information content (AvgIpc) is 3.10. The zero-order chi connectivity index (χ0) is 19.3. The molecule has 3 fully saturated rings. The first kappa shape index (κ1) is 16.0. The van der Waals surface area contributed by atoms with Gasteiger partial charge in [0.25, 0.3) is 17.6 Å². The third-order valence-electron chi connectivity index (χ3n) is 7.69. The van der Waals surface area contributed by atoms with Crippen LogP contribution in [0.5, 0.6) is 0 Å². The molecule has 1 spiro atoms. The number of aliphatic hydroxyl groups is 3. The van der Waals surface area contributed by atoms with Crippen LogP contribution in [0.4, 0.5) is 5.69 Å². The highest BCUT2D eigenvalue weighted by Gasteiger charge is 2.91. The predicted octanol–water partition coefficient (Wildman–Crippen LogP) is -0.951. The van der Waals surface area contributed by atoms with Gasteiger partial charge in [0.15, 0.2) is 11.7 Å². The quantitative estimate of drug-likeness (QED) is 0.542. The molecule has 142 valence electrons. The van der Waals surface area contributed by atoms with Gasteiger partial charge in [-0.05, 0) is 37.8 Å². The van der Waals surface area contributed by atoms with Crippen LogP contribution in [-0.4, -0.2) is 62.2 Å². The highest BCUT2D eigenvalue weighted by molar-refractivity contribution is 6.09. The second-order valence-electron chi connectivity index (χ2n) is 8.95. The van der Waals surface area contributed by atoms with Crippen molar-refractivity contribution in [2.24, 2.45) is 11.8 Å². The third-order valence-corrected chi connectivity index (χ3v) is 7.69.